The lowest BCUT2D eigenvalue weighted by Crippen LogP contribution is -2.49. The average molecular weight is 401 g/mol. The van der Waals surface area contributed by atoms with Gasteiger partial charge in [-0.1, -0.05) is 67.4 Å². The number of rotatable bonds is 9. The topological polar surface area (TPSA) is 49.4 Å². The summed E-state index contributed by atoms with van der Waals surface area (Å²) in [4.78, 5) is 27.6. The number of carbonyl (C=O) groups is 2. The normalized spacial score (nSPS) is 11.7. The number of nitrogens with zero attached hydrogens (tertiary/aromatic N) is 1. The minimum absolute atomic E-state index is 0.0812. The van der Waals surface area contributed by atoms with Gasteiger partial charge in [0, 0.05) is 18.1 Å². The fourth-order valence-electron chi connectivity index (χ4n) is 3.22. The van der Waals surface area contributed by atoms with Crippen molar-refractivity contribution in [3.63, 3.8) is 0 Å². The Hall–Kier alpha value is -2.33. The molecular weight excluding hydrogens is 372 g/mol. The fraction of sp³-hybridized carbons (Fsp3) is 0.391. The van der Waals surface area contributed by atoms with Crippen molar-refractivity contribution in [2.45, 2.75) is 52.6 Å². The molecule has 1 atom stereocenters. The van der Waals surface area contributed by atoms with Crippen LogP contribution in [-0.2, 0) is 22.6 Å². The van der Waals surface area contributed by atoms with E-state index in [-0.39, 0.29) is 18.2 Å². The van der Waals surface area contributed by atoms with Gasteiger partial charge in [-0.3, -0.25) is 9.59 Å². The lowest BCUT2D eigenvalue weighted by atomic mass is 10.1. The van der Waals surface area contributed by atoms with Gasteiger partial charge < -0.3 is 10.2 Å². The third-order valence-electron chi connectivity index (χ3n) is 4.61. The van der Waals surface area contributed by atoms with Crippen LogP contribution in [0.1, 0.15) is 43.4 Å². The third kappa shape index (κ3) is 6.38. The van der Waals surface area contributed by atoms with Gasteiger partial charge in [0.25, 0.3) is 0 Å². The standard InChI is InChI=1S/C23H29ClN2O2/c1-4-12-25-23(28)21(5-2)26(16-19-10-6-8-17(3)13-19)22(27)15-18-9-7-11-20(24)14-18/h6-11,13-14,21H,4-5,12,15-16H2,1-3H3,(H,25,28)/t21-/m0/s1. The first-order chi connectivity index (χ1) is 13.4. The van der Waals surface area contributed by atoms with Crippen LogP contribution < -0.4 is 5.32 Å². The van der Waals surface area contributed by atoms with Crippen LogP contribution in [0.3, 0.4) is 0 Å². The molecule has 5 heteroatoms. The summed E-state index contributed by atoms with van der Waals surface area (Å²) in [5.74, 6) is -0.182. The SMILES string of the molecule is CCCNC(=O)[C@H](CC)N(Cc1cccc(C)c1)C(=O)Cc1cccc(Cl)c1. The van der Waals surface area contributed by atoms with Gasteiger partial charge in [-0.05, 0) is 43.0 Å². The molecule has 0 heterocycles. The van der Waals surface area contributed by atoms with Crippen LogP contribution in [0.4, 0.5) is 0 Å². The first kappa shape index (κ1) is 22.0. The molecule has 0 saturated heterocycles. The van der Waals surface area contributed by atoms with Crippen LogP contribution in [0, 0.1) is 6.92 Å². The van der Waals surface area contributed by atoms with Crippen molar-refractivity contribution in [2.24, 2.45) is 0 Å². The number of aryl methyl sites for hydroxylation is 1. The Morgan fingerprint density at radius 1 is 1.07 bits per heavy atom. The summed E-state index contributed by atoms with van der Waals surface area (Å²) < 4.78 is 0. The summed E-state index contributed by atoms with van der Waals surface area (Å²) in [7, 11) is 0. The predicted octanol–water partition coefficient (Wildman–Crippen LogP) is 4.52. The first-order valence-corrected chi connectivity index (χ1v) is 10.2. The molecule has 0 radical (unpaired) electrons. The van der Waals surface area contributed by atoms with E-state index in [0.29, 0.717) is 24.5 Å². The molecule has 0 fully saturated rings. The van der Waals surface area contributed by atoms with E-state index >= 15 is 0 Å². The monoisotopic (exact) mass is 400 g/mol. The maximum Gasteiger partial charge on any atom is 0.242 e. The molecule has 0 spiro atoms. The van der Waals surface area contributed by atoms with Crippen LogP contribution in [-0.4, -0.2) is 29.3 Å². The Morgan fingerprint density at radius 2 is 1.79 bits per heavy atom. The molecule has 0 aromatic heterocycles. The van der Waals surface area contributed by atoms with Crippen molar-refractivity contribution in [2.75, 3.05) is 6.54 Å². The highest BCUT2D eigenvalue weighted by atomic mass is 35.5. The average Bonchev–Trinajstić information content (AvgIpc) is 2.66. The number of benzene rings is 2. The number of nitrogens with one attached hydrogen (secondary N) is 1. The predicted molar refractivity (Wildman–Crippen MR) is 114 cm³/mol. The summed E-state index contributed by atoms with van der Waals surface area (Å²) in [6, 6.07) is 14.8. The van der Waals surface area contributed by atoms with Crippen molar-refractivity contribution in [3.8, 4) is 0 Å². The highest BCUT2D eigenvalue weighted by molar-refractivity contribution is 6.30. The first-order valence-electron chi connectivity index (χ1n) is 9.81. The van der Waals surface area contributed by atoms with Gasteiger partial charge in [0.15, 0.2) is 0 Å². The minimum Gasteiger partial charge on any atom is -0.354 e. The molecule has 0 aliphatic rings. The lowest BCUT2D eigenvalue weighted by Gasteiger charge is -2.31. The Bertz CT molecular complexity index is 807. The van der Waals surface area contributed by atoms with E-state index in [0.717, 1.165) is 23.1 Å². The van der Waals surface area contributed by atoms with Gasteiger partial charge in [0.2, 0.25) is 11.8 Å². The van der Waals surface area contributed by atoms with E-state index in [1.807, 2.05) is 51.1 Å². The smallest absolute Gasteiger partial charge is 0.242 e. The molecule has 0 bridgehead atoms. The van der Waals surface area contributed by atoms with E-state index in [2.05, 4.69) is 11.4 Å². The Kier molecular flexibility index (Phi) is 8.52. The van der Waals surface area contributed by atoms with Gasteiger partial charge >= 0.3 is 0 Å². The van der Waals surface area contributed by atoms with E-state index in [9.17, 15) is 9.59 Å². The van der Waals surface area contributed by atoms with E-state index < -0.39 is 6.04 Å². The van der Waals surface area contributed by atoms with Crippen LogP contribution in [0.5, 0.6) is 0 Å². The van der Waals surface area contributed by atoms with Gasteiger partial charge in [-0.15, -0.1) is 0 Å². The number of amides is 2. The molecular formula is C23H29ClN2O2. The molecule has 2 amide bonds. The van der Waals surface area contributed by atoms with Crippen molar-refractivity contribution in [1.29, 1.82) is 0 Å². The molecule has 2 rings (SSSR count). The number of hydrogen-bond acceptors (Lipinski definition) is 2. The van der Waals surface area contributed by atoms with Gasteiger partial charge in [-0.25, -0.2) is 0 Å². The highest BCUT2D eigenvalue weighted by Crippen LogP contribution is 2.17. The summed E-state index contributed by atoms with van der Waals surface area (Å²) in [6.07, 6.45) is 1.63. The number of halogens is 1. The maximum atomic E-state index is 13.2. The summed E-state index contributed by atoms with van der Waals surface area (Å²) >= 11 is 6.06. The molecule has 0 saturated carbocycles. The Balaban J connectivity index is 2.27. The zero-order chi connectivity index (χ0) is 20.5. The molecule has 0 aliphatic heterocycles. The molecule has 2 aromatic carbocycles. The summed E-state index contributed by atoms with van der Waals surface area (Å²) in [6.45, 7) is 6.98. The second-order valence-electron chi connectivity index (χ2n) is 7.03. The van der Waals surface area contributed by atoms with Gasteiger partial charge in [0.05, 0.1) is 6.42 Å². The van der Waals surface area contributed by atoms with Crippen molar-refractivity contribution in [1.82, 2.24) is 10.2 Å². The summed E-state index contributed by atoms with van der Waals surface area (Å²) in [5.41, 5.74) is 2.99. The van der Waals surface area contributed by atoms with Gasteiger partial charge in [0.1, 0.15) is 6.04 Å². The molecule has 28 heavy (non-hydrogen) atoms. The van der Waals surface area contributed by atoms with Crippen LogP contribution in [0.2, 0.25) is 5.02 Å². The van der Waals surface area contributed by atoms with Crippen LogP contribution in [0.25, 0.3) is 0 Å². The molecule has 0 aliphatic carbocycles. The third-order valence-corrected chi connectivity index (χ3v) is 4.85. The molecule has 4 nitrogen and oxygen atoms in total. The second kappa shape index (κ2) is 10.9. The lowest BCUT2D eigenvalue weighted by molar-refractivity contribution is -0.140. The Morgan fingerprint density at radius 3 is 2.43 bits per heavy atom. The number of hydrogen-bond donors (Lipinski definition) is 1. The molecule has 0 unspecified atom stereocenters. The second-order valence-corrected chi connectivity index (χ2v) is 7.47. The van der Waals surface area contributed by atoms with E-state index in [1.165, 1.54) is 0 Å². The minimum atomic E-state index is -0.501. The fourth-order valence-corrected chi connectivity index (χ4v) is 3.43. The largest absolute Gasteiger partial charge is 0.354 e. The highest BCUT2D eigenvalue weighted by Gasteiger charge is 2.28. The zero-order valence-electron chi connectivity index (χ0n) is 16.9. The van der Waals surface area contributed by atoms with Crippen molar-refractivity contribution in [3.05, 3.63) is 70.2 Å². The van der Waals surface area contributed by atoms with Crippen LogP contribution in [0.15, 0.2) is 48.5 Å². The maximum absolute atomic E-state index is 13.2. The zero-order valence-corrected chi connectivity index (χ0v) is 17.6. The Labute approximate surface area is 172 Å². The van der Waals surface area contributed by atoms with Crippen molar-refractivity contribution < 1.29 is 9.59 Å². The number of carbonyl (C=O) groups excluding carboxylic acids is 2. The molecule has 1 N–H and O–H groups in total. The van der Waals surface area contributed by atoms with E-state index in [4.69, 9.17) is 11.6 Å². The summed E-state index contributed by atoms with van der Waals surface area (Å²) in [5, 5.41) is 3.54. The molecule has 150 valence electrons. The van der Waals surface area contributed by atoms with E-state index in [1.54, 1.807) is 17.0 Å². The van der Waals surface area contributed by atoms with Gasteiger partial charge in [-0.2, -0.15) is 0 Å². The van der Waals surface area contributed by atoms with Crippen LogP contribution >= 0.6 is 11.6 Å². The quantitative estimate of drug-likeness (QED) is 0.672. The van der Waals surface area contributed by atoms with Crippen molar-refractivity contribution >= 4 is 23.4 Å². The molecule has 2 aromatic rings.